The van der Waals surface area contributed by atoms with Gasteiger partial charge >= 0.3 is 59.1 Å². The molecule has 0 spiro atoms. The van der Waals surface area contributed by atoms with E-state index in [-0.39, 0.29) is 70.4 Å². The van der Waals surface area contributed by atoms with Crippen molar-refractivity contribution in [1.29, 1.82) is 0 Å². The Morgan fingerprint density at radius 2 is 1.69 bits per heavy atom. The summed E-state index contributed by atoms with van der Waals surface area (Å²) < 4.78 is 34.0. The summed E-state index contributed by atoms with van der Waals surface area (Å²) in [5.41, 5.74) is 1.14. The maximum Gasteiger partial charge on any atom is 1.00 e. The molecule has 36 heavy (non-hydrogen) atoms. The van der Waals surface area contributed by atoms with E-state index in [4.69, 9.17) is 4.52 Å². The van der Waals surface area contributed by atoms with Gasteiger partial charge in [-0.3, -0.25) is 9.39 Å². The molecule has 2 aromatic carbocycles. The van der Waals surface area contributed by atoms with Crippen LogP contribution in [0.25, 0.3) is 11.3 Å². The van der Waals surface area contributed by atoms with Crippen LogP contribution in [0.15, 0.2) is 73.4 Å². The van der Waals surface area contributed by atoms with E-state index < -0.39 is 25.2 Å². The number of hydrogen-bond acceptors (Lipinski definition) is 7. The molecule has 2 heterocycles. The predicted octanol–water partition coefficient (Wildman–Crippen LogP) is -3.48. The third-order valence-corrected chi connectivity index (χ3v) is 6.25. The first-order valence-corrected chi connectivity index (χ1v) is 11.5. The van der Waals surface area contributed by atoms with E-state index in [9.17, 15) is 18.7 Å². The molecule has 0 aliphatic rings. The van der Waals surface area contributed by atoms with Gasteiger partial charge in [-0.05, 0) is 34.9 Å². The second-order valence-corrected chi connectivity index (χ2v) is 8.79. The molecule has 0 N–H and O–H groups in total. The van der Waals surface area contributed by atoms with Gasteiger partial charge in [0.2, 0.25) is 0 Å². The van der Waals surface area contributed by atoms with Gasteiger partial charge in [0, 0.05) is 19.2 Å². The van der Waals surface area contributed by atoms with Crippen molar-refractivity contribution in [2.75, 3.05) is 0 Å². The summed E-state index contributed by atoms with van der Waals surface area (Å²) in [4.78, 5) is 27.7. The number of aromatic nitrogens is 5. The van der Waals surface area contributed by atoms with Crippen molar-refractivity contribution >= 4 is 7.82 Å². The van der Waals surface area contributed by atoms with Crippen LogP contribution in [0.2, 0.25) is 0 Å². The van der Waals surface area contributed by atoms with Crippen LogP contribution >= 0.6 is 7.82 Å². The molecular formula is C22H22F2N5Na2O4P. The molecule has 0 radical (unpaired) electrons. The van der Waals surface area contributed by atoms with Crippen molar-refractivity contribution < 1.29 is 87.1 Å². The molecule has 0 unspecified atom stereocenters. The summed E-state index contributed by atoms with van der Waals surface area (Å²) >= 11 is 0. The Morgan fingerprint density at radius 3 is 2.19 bits per heavy atom. The fraction of sp³-hybridized carbons (Fsp3) is 0.227. The maximum absolute atomic E-state index is 13.7. The van der Waals surface area contributed by atoms with Crippen LogP contribution in [0.4, 0.5) is 9.09 Å². The van der Waals surface area contributed by atoms with Crippen LogP contribution in [0.1, 0.15) is 24.0 Å². The molecule has 2 atom stereocenters. The summed E-state index contributed by atoms with van der Waals surface area (Å²) in [6, 6.07) is 14.5. The standard InChI is InChI=1S/C22H23FN5O4P.FH.2Na/c1-16(17-3-5-18(6-4-17)21-11-12-25-27(21)2)22(32-33(29,30)31,13-28-15-24-14-26-28)19-7-9-20(23)10-8-19;;;/h3-12,14-16H,13H2,1-2H3,(H2,29,30,31);1H;;/q;;2*+1/p-2/t16-,22+;;;/m0.../s1. The second kappa shape index (κ2) is 13.5. The van der Waals surface area contributed by atoms with Crippen LogP contribution in [0, 0.1) is 5.82 Å². The molecule has 4 aromatic rings. The molecular weight excluding hydrogens is 513 g/mol. The zero-order valence-electron chi connectivity index (χ0n) is 20.3. The van der Waals surface area contributed by atoms with Gasteiger partial charge in [0.15, 0.2) is 0 Å². The first-order valence-electron chi connectivity index (χ1n) is 10.1. The van der Waals surface area contributed by atoms with E-state index in [0.29, 0.717) is 11.1 Å². The Labute approximate surface area is 251 Å². The Kier molecular flexibility index (Phi) is 12.3. The Morgan fingerprint density at radius 1 is 1.06 bits per heavy atom. The van der Waals surface area contributed by atoms with Gasteiger partial charge in [-0.25, -0.2) is 14.1 Å². The van der Waals surface area contributed by atoms with Gasteiger partial charge in [0.05, 0.1) is 20.1 Å². The first-order chi connectivity index (χ1) is 15.7. The van der Waals surface area contributed by atoms with Gasteiger partial charge in [-0.15, -0.1) is 0 Å². The molecule has 0 aliphatic heterocycles. The summed E-state index contributed by atoms with van der Waals surface area (Å²) in [6.45, 7) is 1.60. The summed E-state index contributed by atoms with van der Waals surface area (Å²) in [7, 11) is -3.65. The number of phosphoric ester groups is 1. The number of halogens is 2. The van der Waals surface area contributed by atoms with E-state index in [1.165, 1.54) is 41.6 Å². The minimum atomic E-state index is -5.48. The Hall–Kier alpha value is -1.24. The molecule has 0 fully saturated rings. The van der Waals surface area contributed by atoms with Crippen molar-refractivity contribution in [3.63, 3.8) is 0 Å². The molecule has 4 rings (SSSR count). The first kappa shape index (κ1) is 32.8. The maximum atomic E-state index is 13.7. The molecule has 0 amide bonds. The van der Waals surface area contributed by atoms with Gasteiger partial charge in [0.1, 0.15) is 24.1 Å². The molecule has 9 nitrogen and oxygen atoms in total. The van der Waals surface area contributed by atoms with Crippen molar-refractivity contribution in [2.45, 2.75) is 25.0 Å². The molecule has 14 heteroatoms. The minimum absolute atomic E-state index is 0. The van der Waals surface area contributed by atoms with E-state index in [2.05, 4.69) is 15.2 Å². The SMILES string of the molecule is C[C@@H](c1ccc(-c2ccnn2C)cc1)[C@@](Cn1cncn1)(OP(=O)([O-])[O-])c1ccc(F)cc1.F.[Na+].[Na+]. The van der Waals surface area contributed by atoms with Crippen LogP contribution in [0.5, 0.6) is 0 Å². The number of nitrogens with zero attached hydrogens (tertiary/aromatic N) is 5. The van der Waals surface area contributed by atoms with Crippen molar-refractivity contribution in [2.24, 2.45) is 7.05 Å². The van der Waals surface area contributed by atoms with Gasteiger partial charge in [0.25, 0.3) is 0 Å². The van der Waals surface area contributed by atoms with Crippen LogP contribution < -0.4 is 68.9 Å². The smallest absolute Gasteiger partial charge is 0.790 e. The van der Waals surface area contributed by atoms with E-state index >= 15 is 0 Å². The monoisotopic (exact) mass is 535 g/mol. The number of aryl methyl sites for hydroxylation is 1. The molecule has 0 aliphatic carbocycles. The number of phosphoric acid groups is 1. The quantitative estimate of drug-likeness (QED) is 0.170. The number of hydrogen-bond donors (Lipinski definition) is 0. The minimum Gasteiger partial charge on any atom is -0.790 e. The average Bonchev–Trinajstić information content (AvgIpc) is 3.44. The van der Waals surface area contributed by atoms with Crippen LogP contribution in [-0.2, 0) is 28.3 Å². The van der Waals surface area contributed by atoms with Gasteiger partial charge < -0.3 is 18.9 Å². The summed E-state index contributed by atoms with van der Waals surface area (Å²) in [5, 5.41) is 8.22. The number of rotatable bonds is 8. The predicted molar refractivity (Wildman–Crippen MR) is 116 cm³/mol. The van der Waals surface area contributed by atoms with Gasteiger partial charge in [-0.1, -0.05) is 43.3 Å². The zero-order valence-corrected chi connectivity index (χ0v) is 25.2. The summed E-state index contributed by atoms with van der Waals surface area (Å²) in [6.07, 6.45) is 4.37. The third-order valence-electron chi connectivity index (χ3n) is 5.70. The second-order valence-electron chi connectivity index (χ2n) is 7.71. The molecule has 0 saturated heterocycles. The summed E-state index contributed by atoms with van der Waals surface area (Å²) in [5.74, 6) is -1.15. The fourth-order valence-electron chi connectivity index (χ4n) is 3.99. The zero-order chi connectivity index (χ0) is 23.6. The molecule has 0 bridgehead atoms. The number of benzene rings is 2. The van der Waals surface area contributed by atoms with Crippen molar-refractivity contribution in [3.05, 3.63) is 90.4 Å². The largest absolute Gasteiger partial charge is 1.00 e. The Balaban J connectivity index is 0.00000216. The third kappa shape index (κ3) is 7.41. The van der Waals surface area contributed by atoms with E-state index in [1.54, 1.807) is 17.8 Å². The molecule has 2 aromatic heterocycles. The Bertz CT molecular complexity index is 1270. The average molecular weight is 535 g/mol. The van der Waals surface area contributed by atoms with Crippen molar-refractivity contribution in [1.82, 2.24) is 24.5 Å². The normalized spacial score (nSPS) is 13.5. The topological polar surface area (TPSA) is 121 Å². The van der Waals surface area contributed by atoms with Crippen LogP contribution in [-0.4, -0.2) is 24.5 Å². The van der Waals surface area contributed by atoms with Crippen LogP contribution in [0.3, 0.4) is 0 Å². The molecule has 180 valence electrons. The van der Waals surface area contributed by atoms with Crippen molar-refractivity contribution in [3.8, 4) is 11.3 Å². The molecule has 0 saturated carbocycles. The van der Waals surface area contributed by atoms with Gasteiger partial charge in [-0.2, -0.15) is 10.2 Å². The fourth-order valence-corrected chi connectivity index (χ4v) is 4.71. The van der Waals surface area contributed by atoms with E-state index in [1.807, 2.05) is 37.4 Å². The van der Waals surface area contributed by atoms with E-state index in [0.717, 1.165) is 11.3 Å².